The molecule has 0 radical (unpaired) electrons. The zero-order valence-electron chi connectivity index (χ0n) is 12.4. The lowest BCUT2D eigenvalue weighted by Gasteiger charge is -2.14. The van der Waals surface area contributed by atoms with Crippen molar-refractivity contribution in [3.05, 3.63) is 11.7 Å². The second-order valence-electron chi connectivity index (χ2n) is 6.11. The Morgan fingerprint density at radius 1 is 1.28 bits per heavy atom. The maximum Gasteiger partial charge on any atom is 0.228 e. The number of hydrogen-bond acceptors (Lipinski definition) is 4. The molecule has 0 aliphatic rings. The summed E-state index contributed by atoms with van der Waals surface area (Å²) in [6.07, 6.45) is 3.91. The Labute approximate surface area is 111 Å². The molecule has 104 valence electrons. The van der Waals surface area contributed by atoms with Crippen molar-refractivity contribution in [2.45, 2.75) is 66.3 Å². The molecule has 0 spiro atoms. The van der Waals surface area contributed by atoms with Gasteiger partial charge in [-0.15, -0.1) is 0 Å². The summed E-state index contributed by atoms with van der Waals surface area (Å²) < 4.78 is 5.32. The molecular formula is C14H27N3O. The van der Waals surface area contributed by atoms with Gasteiger partial charge in [-0.05, 0) is 24.8 Å². The Kier molecular flexibility index (Phi) is 5.79. The fourth-order valence-corrected chi connectivity index (χ4v) is 1.84. The fraction of sp³-hybridized carbons (Fsp3) is 0.857. The third kappa shape index (κ3) is 5.63. The van der Waals surface area contributed by atoms with Crippen LogP contribution in [0.1, 0.15) is 59.2 Å². The highest BCUT2D eigenvalue weighted by Gasteiger charge is 2.17. The van der Waals surface area contributed by atoms with Crippen LogP contribution in [0.25, 0.3) is 0 Å². The number of nitrogens with one attached hydrogen (secondary N) is 1. The fourth-order valence-electron chi connectivity index (χ4n) is 1.84. The second-order valence-corrected chi connectivity index (χ2v) is 6.11. The van der Waals surface area contributed by atoms with Crippen molar-refractivity contribution >= 4 is 0 Å². The van der Waals surface area contributed by atoms with Crippen LogP contribution >= 0.6 is 0 Å². The Morgan fingerprint density at radius 2 is 2.00 bits per heavy atom. The molecule has 4 heteroatoms. The lowest BCUT2D eigenvalue weighted by Crippen LogP contribution is -2.31. The van der Waals surface area contributed by atoms with Crippen LogP contribution in [0, 0.1) is 5.41 Å². The predicted molar refractivity (Wildman–Crippen MR) is 73.5 cm³/mol. The summed E-state index contributed by atoms with van der Waals surface area (Å²) in [5.74, 6) is 1.58. The van der Waals surface area contributed by atoms with Crippen molar-refractivity contribution in [1.29, 1.82) is 0 Å². The summed E-state index contributed by atoms with van der Waals surface area (Å²) in [5, 5.41) is 7.55. The van der Waals surface area contributed by atoms with Crippen molar-refractivity contribution in [2.75, 3.05) is 6.54 Å². The molecule has 0 aromatic carbocycles. The standard InChI is InChI=1S/C14H27N3O/c1-6-8-15-11(7-2)9-13-16-12(17-18-13)10-14(3,4)5/h11,15H,6-10H2,1-5H3. The first-order valence-electron chi connectivity index (χ1n) is 6.99. The van der Waals surface area contributed by atoms with Gasteiger partial charge in [-0.2, -0.15) is 4.98 Å². The van der Waals surface area contributed by atoms with Gasteiger partial charge in [-0.25, -0.2) is 0 Å². The van der Waals surface area contributed by atoms with Crippen LogP contribution < -0.4 is 5.32 Å². The summed E-state index contributed by atoms with van der Waals surface area (Å²) in [6.45, 7) is 11.9. The maximum absolute atomic E-state index is 5.32. The summed E-state index contributed by atoms with van der Waals surface area (Å²) >= 11 is 0. The van der Waals surface area contributed by atoms with E-state index in [-0.39, 0.29) is 5.41 Å². The topological polar surface area (TPSA) is 51.0 Å². The van der Waals surface area contributed by atoms with Gasteiger partial charge in [0.2, 0.25) is 5.89 Å². The lowest BCUT2D eigenvalue weighted by atomic mass is 9.92. The molecular weight excluding hydrogens is 226 g/mol. The van der Waals surface area contributed by atoms with Gasteiger partial charge in [0.15, 0.2) is 5.82 Å². The molecule has 1 aromatic heterocycles. The minimum atomic E-state index is 0.200. The van der Waals surface area contributed by atoms with Crippen LogP contribution in [0.4, 0.5) is 0 Å². The normalized spacial score (nSPS) is 13.8. The van der Waals surface area contributed by atoms with Crippen molar-refractivity contribution in [1.82, 2.24) is 15.5 Å². The molecule has 0 fully saturated rings. The van der Waals surface area contributed by atoms with E-state index < -0.39 is 0 Å². The van der Waals surface area contributed by atoms with Gasteiger partial charge in [0.1, 0.15) is 0 Å². The smallest absolute Gasteiger partial charge is 0.228 e. The molecule has 1 rings (SSSR count). The molecule has 1 aromatic rings. The minimum absolute atomic E-state index is 0.200. The average molecular weight is 253 g/mol. The van der Waals surface area contributed by atoms with E-state index in [1.54, 1.807) is 0 Å². The molecule has 1 unspecified atom stereocenters. The van der Waals surface area contributed by atoms with E-state index in [2.05, 4.69) is 50.1 Å². The second kappa shape index (κ2) is 6.88. The predicted octanol–water partition coefficient (Wildman–Crippen LogP) is 2.98. The third-order valence-corrected chi connectivity index (χ3v) is 2.80. The molecule has 4 nitrogen and oxygen atoms in total. The Hall–Kier alpha value is -0.900. The van der Waals surface area contributed by atoms with Crippen LogP contribution in [0.15, 0.2) is 4.52 Å². The van der Waals surface area contributed by atoms with E-state index in [1.165, 1.54) is 0 Å². The third-order valence-electron chi connectivity index (χ3n) is 2.80. The van der Waals surface area contributed by atoms with Crippen molar-refractivity contribution in [3.8, 4) is 0 Å². The van der Waals surface area contributed by atoms with Gasteiger partial charge in [-0.3, -0.25) is 0 Å². The minimum Gasteiger partial charge on any atom is -0.339 e. The molecule has 1 N–H and O–H groups in total. The Morgan fingerprint density at radius 3 is 2.56 bits per heavy atom. The molecule has 0 saturated carbocycles. The number of rotatable bonds is 7. The molecule has 18 heavy (non-hydrogen) atoms. The zero-order valence-corrected chi connectivity index (χ0v) is 12.4. The first-order valence-corrected chi connectivity index (χ1v) is 6.99. The zero-order chi connectivity index (χ0) is 13.6. The van der Waals surface area contributed by atoms with E-state index in [9.17, 15) is 0 Å². The van der Waals surface area contributed by atoms with Gasteiger partial charge in [0.25, 0.3) is 0 Å². The van der Waals surface area contributed by atoms with Gasteiger partial charge >= 0.3 is 0 Å². The first kappa shape index (κ1) is 15.2. The van der Waals surface area contributed by atoms with Crippen LogP contribution in [-0.2, 0) is 12.8 Å². The SMILES string of the molecule is CCCNC(CC)Cc1nc(CC(C)(C)C)no1. The van der Waals surface area contributed by atoms with Crippen LogP contribution in [0.5, 0.6) is 0 Å². The van der Waals surface area contributed by atoms with Gasteiger partial charge < -0.3 is 9.84 Å². The molecule has 1 heterocycles. The number of nitrogens with zero attached hydrogens (tertiary/aromatic N) is 2. The summed E-state index contributed by atoms with van der Waals surface area (Å²) in [4.78, 5) is 4.47. The number of hydrogen-bond donors (Lipinski definition) is 1. The van der Waals surface area contributed by atoms with Crippen LogP contribution in [0.2, 0.25) is 0 Å². The van der Waals surface area contributed by atoms with Crippen molar-refractivity contribution in [2.24, 2.45) is 5.41 Å². The summed E-state index contributed by atoms with van der Waals surface area (Å²) in [6, 6.07) is 0.438. The van der Waals surface area contributed by atoms with Gasteiger partial charge in [0.05, 0.1) is 0 Å². The number of aromatic nitrogens is 2. The van der Waals surface area contributed by atoms with E-state index in [0.717, 1.165) is 43.9 Å². The average Bonchev–Trinajstić information content (AvgIpc) is 2.69. The van der Waals surface area contributed by atoms with Gasteiger partial charge in [-0.1, -0.05) is 39.8 Å². The highest BCUT2D eigenvalue weighted by Crippen LogP contribution is 2.18. The van der Waals surface area contributed by atoms with Crippen molar-refractivity contribution in [3.63, 3.8) is 0 Å². The molecule has 0 aliphatic carbocycles. The maximum atomic E-state index is 5.32. The Bertz CT molecular complexity index is 341. The molecule has 0 aliphatic heterocycles. The lowest BCUT2D eigenvalue weighted by molar-refractivity contribution is 0.340. The molecule has 1 atom stereocenters. The molecule has 0 bridgehead atoms. The van der Waals surface area contributed by atoms with E-state index in [4.69, 9.17) is 4.52 Å². The molecule has 0 saturated heterocycles. The highest BCUT2D eigenvalue weighted by atomic mass is 16.5. The van der Waals surface area contributed by atoms with E-state index in [0.29, 0.717) is 6.04 Å². The first-order chi connectivity index (χ1) is 8.44. The summed E-state index contributed by atoms with van der Waals surface area (Å²) in [7, 11) is 0. The van der Waals surface area contributed by atoms with Crippen LogP contribution in [-0.4, -0.2) is 22.7 Å². The quantitative estimate of drug-likeness (QED) is 0.811. The Balaban J connectivity index is 2.51. The van der Waals surface area contributed by atoms with E-state index >= 15 is 0 Å². The highest BCUT2D eigenvalue weighted by molar-refractivity contribution is 4.92. The summed E-state index contributed by atoms with van der Waals surface area (Å²) in [5.41, 5.74) is 0.200. The van der Waals surface area contributed by atoms with Crippen LogP contribution in [0.3, 0.4) is 0 Å². The van der Waals surface area contributed by atoms with Gasteiger partial charge in [0, 0.05) is 18.9 Å². The van der Waals surface area contributed by atoms with E-state index in [1.807, 2.05) is 0 Å². The molecule has 0 amide bonds. The largest absolute Gasteiger partial charge is 0.339 e. The van der Waals surface area contributed by atoms with Crippen molar-refractivity contribution < 1.29 is 4.52 Å². The monoisotopic (exact) mass is 253 g/mol.